The Hall–Kier alpha value is -3.23. The second-order valence-electron chi connectivity index (χ2n) is 5.09. The summed E-state index contributed by atoms with van der Waals surface area (Å²) in [5, 5.41) is 21.5. The van der Waals surface area contributed by atoms with Gasteiger partial charge in [-0.05, 0) is 18.2 Å². The summed E-state index contributed by atoms with van der Waals surface area (Å²) >= 11 is 0. The van der Waals surface area contributed by atoms with Gasteiger partial charge >= 0.3 is 0 Å². The van der Waals surface area contributed by atoms with Crippen LogP contribution in [0.25, 0.3) is 0 Å². The van der Waals surface area contributed by atoms with Crippen LogP contribution in [0.5, 0.6) is 11.6 Å². The van der Waals surface area contributed by atoms with Crippen LogP contribution in [0.1, 0.15) is 11.1 Å². The van der Waals surface area contributed by atoms with E-state index in [4.69, 9.17) is 10.00 Å². The molecule has 2 aromatic rings. The van der Waals surface area contributed by atoms with Crippen molar-refractivity contribution in [2.45, 2.75) is 0 Å². The number of hydrogen-bond acceptors (Lipinski definition) is 7. The van der Waals surface area contributed by atoms with E-state index in [1.54, 1.807) is 0 Å². The van der Waals surface area contributed by atoms with Crippen molar-refractivity contribution >= 4 is 5.82 Å². The Morgan fingerprint density at radius 1 is 1.17 bits per heavy atom. The minimum atomic E-state index is -0.694. The van der Waals surface area contributed by atoms with Gasteiger partial charge in [-0.1, -0.05) is 0 Å². The molecule has 1 aliphatic heterocycles. The minimum absolute atomic E-state index is 0.00959. The first-order valence-corrected chi connectivity index (χ1v) is 7.31. The summed E-state index contributed by atoms with van der Waals surface area (Å²) in [7, 11) is 0. The van der Waals surface area contributed by atoms with E-state index in [-0.39, 0.29) is 22.8 Å². The zero-order valence-corrected chi connectivity index (χ0v) is 12.7. The van der Waals surface area contributed by atoms with Gasteiger partial charge in [0.05, 0.1) is 11.6 Å². The first-order chi connectivity index (χ1) is 11.7. The Morgan fingerprint density at radius 2 is 1.96 bits per heavy atom. The van der Waals surface area contributed by atoms with Crippen LogP contribution in [0, 0.1) is 28.5 Å². The monoisotopic (exact) mass is 324 g/mol. The van der Waals surface area contributed by atoms with Gasteiger partial charge in [0.25, 0.3) is 0 Å². The summed E-state index contributed by atoms with van der Waals surface area (Å²) in [5.74, 6) is -0.335. The fraction of sp³-hybridized carbons (Fsp3) is 0.250. The van der Waals surface area contributed by atoms with E-state index < -0.39 is 5.82 Å². The smallest absolute Gasteiger partial charge is 0.242 e. The summed E-state index contributed by atoms with van der Waals surface area (Å²) < 4.78 is 19.5. The number of nitrogens with zero attached hydrogens (tertiary/aromatic N) is 5. The van der Waals surface area contributed by atoms with Crippen LogP contribution >= 0.6 is 0 Å². The molecule has 1 aliphatic rings. The molecule has 0 aliphatic carbocycles. The second kappa shape index (κ2) is 6.90. The predicted octanol–water partition coefficient (Wildman–Crippen LogP) is 1.56. The molecule has 3 rings (SSSR count). The number of aromatic nitrogens is 2. The Kier molecular flexibility index (Phi) is 4.50. The molecule has 0 atom stereocenters. The van der Waals surface area contributed by atoms with Crippen LogP contribution in [0.4, 0.5) is 10.2 Å². The van der Waals surface area contributed by atoms with Gasteiger partial charge in [0.15, 0.2) is 22.9 Å². The van der Waals surface area contributed by atoms with Crippen LogP contribution in [-0.2, 0) is 0 Å². The number of nitrogens with one attached hydrogen (secondary N) is 1. The van der Waals surface area contributed by atoms with Gasteiger partial charge in [0.2, 0.25) is 5.88 Å². The molecule has 1 aromatic heterocycles. The Labute approximate surface area is 137 Å². The van der Waals surface area contributed by atoms with Gasteiger partial charge in [-0.15, -0.1) is 0 Å². The largest absolute Gasteiger partial charge is 0.434 e. The maximum Gasteiger partial charge on any atom is 0.242 e. The molecule has 120 valence electrons. The zero-order chi connectivity index (χ0) is 16.9. The normalized spacial score (nSPS) is 13.9. The van der Waals surface area contributed by atoms with Crippen LogP contribution < -0.4 is 15.0 Å². The number of ether oxygens (including phenoxy) is 1. The van der Waals surface area contributed by atoms with Gasteiger partial charge in [-0.25, -0.2) is 14.4 Å². The second-order valence-corrected chi connectivity index (χ2v) is 5.09. The first-order valence-electron chi connectivity index (χ1n) is 7.31. The van der Waals surface area contributed by atoms with Crippen LogP contribution in [0.3, 0.4) is 0 Å². The van der Waals surface area contributed by atoms with E-state index in [2.05, 4.69) is 15.3 Å². The van der Waals surface area contributed by atoms with Gasteiger partial charge in [0, 0.05) is 26.2 Å². The van der Waals surface area contributed by atoms with Crippen molar-refractivity contribution in [3.63, 3.8) is 0 Å². The molecule has 0 amide bonds. The van der Waals surface area contributed by atoms with E-state index in [0.717, 1.165) is 19.2 Å². The molecule has 1 fully saturated rings. The van der Waals surface area contributed by atoms with E-state index in [9.17, 15) is 9.65 Å². The lowest BCUT2D eigenvalue weighted by atomic mass is 10.2. The number of halogens is 1. The molecule has 2 heterocycles. The molecule has 1 N–H and O–H groups in total. The SMILES string of the molecule is N#Cc1ccc(Oc2ncnc(N3CCNCC3)c2C#N)c(F)c1. The molecule has 1 saturated heterocycles. The van der Waals surface area contributed by atoms with E-state index in [1.165, 1.54) is 18.5 Å². The van der Waals surface area contributed by atoms with E-state index >= 15 is 0 Å². The molecule has 8 heteroatoms. The molecule has 1 aromatic carbocycles. The van der Waals surface area contributed by atoms with Crippen LogP contribution in [0.2, 0.25) is 0 Å². The third-order valence-electron chi connectivity index (χ3n) is 3.59. The molecule has 0 saturated carbocycles. The Balaban J connectivity index is 1.94. The fourth-order valence-corrected chi connectivity index (χ4v) is 2.41. The molecule has 7 nitrogen and oxygen atoms in total. The van der Waals surface area contributed by atoms with Gasteiger partial charge in [-0.3, -0.25) is 0 Å². The maximum atomic E-state index is 14.0. The number of hydrogen-bond donors (Lipinski definition) is 1. The lowest BCUT2D eigenvalue weighted by molar-refractivity contribution is 0.424. The van der Waals surface area contributed by atoms with E-state index in [0.29, 0.717) is 18.9 Å². The fourth-order valence-electron chi connectivity index (χ4n) is 2.41. The Bertz CT molecular complexity index is 835. The average Bonchev–Trinajstić information content (AvgIpc) is 2.63. The summed E-state index contributed by atoms with van der Waals surface area (Å²) in [6, 6.07) is 7.72. The number of piperazine rings is 1. The highest BCUT2D eigenvalue weighted by molar-refractivity contribution is 5.59. The molecule has 0 bridgehead atoms. The zero-order valence-electron chi connectivity index (χ0n) is 12.7. The molecule has 24 heavy (non-hydrogen) atoms. The molecular formula is C16H13FN6O. The average molecular weight is 324 g/mol. The molecule has 0 radical (unpaired) electrons. The van der Waals surface area contributed by atoms with Crippen molar-refractivity contribution in [2.75, 3.05) is 31.1 Å². The lowest BCUT2D eigenvalue weighted by Crippen LogP contribution is -2.44. The molecule has 0 spiro atoms. The topological polar surface area (TPSA) is 97.9 Å². The third kappa shape index (κ3) is 3.09. The summed E-state index contributed by atoms with van der Waals surface area (Å²) in [6.07, 6.45) is 1.29. The first kappa shape index (κ1) is 15.7. The van der Waals surface area contributed by atoms with Gasteiger partial charge < -0.3 is 15.0 Å². The number of nitriles is 2. The summed E-state index contributed by atoms with van der Waals surface area (Å²) in [6.45, 7) is 2.98. The number of benzene rings is 1. The van der Waals surface area contributed by atoms with Crippen molar-refractivity contribution in [2.24, 2.45) is 0 Å². The van der Waals surface area contributed by atoms with Crippen LogP contribution in [0.15, 0.2) is 24.5 Å². The van der Waals surface area contributed by atoms with Gasteiger partial charge in [-0.2, -0.15) is 10.5 Å². The number of rotatable bonds is 3. The lowest BCUT2D eigenvalue weighted by Gasteiger charge is -2.29. The minimum Gasteiger partial charge on any atom is -0.434 e. The molecule has 0 unspecified atom stereocenters. The summed E-state index contributed by atoms with van der Waals surface area (Å²) in [5.41, 5.74) is 0.340. The highest BCUT2D eigenvalue weighted by Crippen LogP contribution is 2.30. The van der Waals surface area contributed by atoms with Gasteiger partial charge in [0.1, 0.15) is 12.4 Å². The molecular weight excluding hydrogens is 311 g/mol. The van der Waals surface area contributed by atoms with Crippen LogP contribution in [-0.4, -0.2) is 36.1 Å². The quantitative estimate of drug-likeness (QED) is 0.915. The highest BCUT2D eigenvalue weighted by Gasteiger charge is 2.21. The number of anilines is 1. The maximum absolute atomic E-state index is 14.0. The predicted molar refractivity (Wildman–Crippen MR) is 83.0 cm³/mol. The van der Waals surface area contributed by atoms with E-state index in [1.807, 2.05) is 17.0 Å². The standard InChI is InChI=1S/C16H13FN6O/c17-13-7-11(8-18)1-2-14(13)24-16-12(9-19)15(21-10-22-16)23-5-3-20-4-6-23/h1-2,7,10,20H,3-6H2. The van der Waals surface area contributed by atoms with Crippen molar-refractivity contribution in [1.82, 2.24) is 15.3 Å². The van der Waals surface area contributed by atoms with Crippen molar-refractivity contribution in [3.05, 3.63) is 41.5 Å². The third-order valence-corrected chi connectivity index (χ3v) is 3.59. The highest BCUT2D eigenvalue weighted by atomic mass is 19.1. The van der Waals surface area contributed by atoms with Crippen molar-refractivity contribution in [3.8, 4) is 23.8 Å². The summed E-state index contributed by atoms with van der Waals surface area (Å²) in [4.78, 5) is 10.1. The van der Waals surface area contributed by atoms with Crippen molar-refractivity contribution < 1.29 is 9.13 Å². The van der Waals surface area contributed by atoms with Crippen molar-refractivity contribution in [1.29, 1.82) is 10.5 Å². The Morgan fingerprint density at radius 3 is 2.62 bits per heavy atom.